The maximum absolute atomic E-state index is 13.3. The molecule has 1 aromatic carbocycles. The molecule has 208 valence electrons. The zero-order valence-corrected chi connectivity index (χ0v) is 24.3. The van der Waals surface area contributed by atoms with Gasteiger partial charge in [0, 0.05) is 29.9 Å². The molecule has 0 N–H and O–H groups in total. The number of hydroxylamine groups is 2. The highest BCUT2D eigenvalue weighted by molar-refractivity contribution is 6.13. The lowest BCUT2D eigenvalue weighted by Gasteiger charge is -2.28. The number of carbonyl (C=O) groups excluding carboxylic acids is 3. The SMILES string of the molecule is C=C(C)ON(C(C)=O)C(C)C/C(=C\CC(C)=O)c1ccc2c(c1)C1=CC(C(=O)C3=CC=CC3)=CC3CC13C2CC. The van der Waals surface area contributed by atoms with Gasteiger partial charge in [0.2, 0.25) is 0 Å². The first-order valence-corrected chi connectivity index (χ1v) is 14.4. The van der Waals surface area contributed by atoms with Crippen LogP contribution in [0.4, 0.5) is 0 Å². The van der Waals surface area contributed by atoms with Crippen molar-refractivity contribution in [1.82, 2.24) is 5.06 Å². The predicted octanol–water partition coefficient (Wildman–Crippen LogP) is 7.43. The fourth-order valence-corrected chi connectivity index (χ4v) is 7.01. The van der Waals surface area contributed by atoms with Crippen LogP contribution in [0.3, 0.4) is 0 Å². The van der Waals surface area contributed by atoms with E-state index in [9.17, 15) is 14.4 Å². The van der Waals surface area contributed by atoms with Gasteiger partial charge in [-0.1, -0.05) is 56.0 Å². The Bertz CT molecular complexity index is 1450. The van der Waals surface area contributed by atoms with Crippen molar-refractivity contribution in [2.75, 3.05) is 0 Å². The molecule has 5 nitrogen and oxygen atoms in total. The normalized spacial score (nSPS) is 24.6. The monoisotopic (exact) mass is 537 g/mol. The number of Topliss-reactive ketones (excluding diaryl/α,β-unsaturated/α-hetero) is 2. The number of carbonyl (C=O) groups is 3. The molecule has 4 unspecified atom stereocenters. The minimum atomic E-state index is -0.266. The molecular weight excluding hydrogens is 498 g/mol. The fraction of sp³-hybridized carbons (Fsp3) is 0.400. The Morgan fingerprint density at radius 2 is 2.00 bits per heavy atom. The van der Waals surface area contributed by atoms with Crippen LogP contribution in [0.15, 0.2) is 78.1 Å². The van der Waals surface area contributed by atoms with Crippen molar-refractivity contribution in [3.05, 3.63) is 94.8 Å². The van der Waals surface area contributed by atoms with E-state index in [4.69, 9.17) is 4.84 Å². The molecule has 1 fully saturated rings. The molecule has 1 spiro atoms. The summed E-state index contributed by atoms with van der Waals surface area (Å²) in [5.41, 5.74) is 7.62. The standard InChI is InChI=1S/C35H39NO4/c1-7-32-30-15-14-27(26(13-12-23(5)37)16-22(4)36(24(6)38)40-21(2)3)18-31(30)33-19-28(17-29-20-35(29,32)33)34(39)25-10-8-9-11-25/h8-10,13-15,17-19,22,29,32H,2,7,11-12,16,20H2,1,3-6H3/b26-13+. The molecule has 1 saturated carbocycles. The van der Waals surface area contributed by atoms with Gasteiger partial charge in [-0.15, -0.1) is 0 Å². The van der Waals surface area contributed by atoms with Gasteiger partial charge in [-0.2, -0.15) is 5.06 Å². The average molecular weight is 538 g/mol. The number of hydrogen-bond acceptors (Lipinski definition) is 4. The molecule has 1 amide bonds. The third kappa shape index (κ3) is 4.87. The van der Waals surface area contributed by atoms with E-state index in [-0.39, 0.29) is 28.9 Å². The summed E-state index contributed by atoms with van der Waals surface area (Å²) in [7, 11) is 0. The number of rotatable bonds is 11. The lowest BCUT2D eigenvalue weighted by atomic mass is 9.79. The molecule has 1 aromatic rings. The first-order valence-electron chi connectivity index (χ1n) is 14.4. The van der Waals surface area contributed by atoms with Gasteiger partial charge in [0.1, 0.15) is 11.5 Å². The highest BCUT2D eigenvalue weighted by atomic mass is 16.7. The Balaban J connectivity index is 1.52. The minimum absolute atomic E-state index is 0.0812. The van der Waals surface area contributed by atoms with Crippen molar-refractivity contribution in [3.8, 4) is 0 Å². The molecule has 5 heteroatoms. The first kappa shape index (κ1) is 27.8. The van der Waals surface area contributed by atoms with E-state index < -0.39 is 0 Å². The van der Waals surface area contributed by atoms with E-state index in [1.165, 1.54) is 28.7 Å². The third-order valence-electron chi connectivity index (χ3n) is 8.80. The molecule has 0 bridgehead atoms. The number of benzene rings is 1. The van der Waals surface area contributed by atoms with Crippen LogP contribution in [0, 0.1) is 11.3 Å². The zero-order valence-electron chi connectivity index (χ0n) is 24.3. The van der Waals surface area contributed by atoms with E-state index in [1.54, 1.807) is 13.8 Å². The van der Waals surface area contributed by atoms with Gasteiger partial charge in [-0.05, 0) is 98.3 Å². The molecule has 5 rings (SSSR count). The number of allylic oxidation sites excluding steroid dienone is 10. The number of amides is 1. The zero-order chi connectivity index (χ0) is 28.8. The van der Waals surface area contributed by atoms with Gasteiger partial charge in [0.05, 0.1) is 6.04 Å². The van der Waals surface area contributed by atoms with Crippen molar-refractivity contribution in [3.63, 3.8) is 0 Å². The van der Waals surface area contributed by atoms with E-state index in [0.717, 1.165) is 35.1 Å². The first-order chi connectivity index (χ1) is 19.1. The average Bonchev–Trinajstić information content (AvgIpc) is 3.26. The second-order valence-electron chi connectivity index (χ2n) is 11.8. The highest BCUT2D eigenvalue weighted by Gasteiger charge is 2.65. The quantitative estimate of drug-likeness (QED) is 0.217. The number of fused-ring (bicyclic) bond motifs is 2. The Labute approximate surface area is 237 Å². The van der Waals surface area contributed by atoms with Crippen molar-refractivity contribution in [1.29, 1.82) is 0 Å². The van der Waals surface area contributed by atoms with E-state index in [1.807, 2.05) is 31.2 Å². The van der Waals surface area contributed by atoms with Crippen LogP contribution in [0.1, 0.15) is 89.3 Å². The summed E-state index contributed by atoms with van der Waals surface area (Å²) in [5, 5.41) is 1.35. The third-order valence-corrected chi connectivity index (χ3v) is 8.80. The van der Waals surface area contributed by atoms with Gasteiger partial charge < -0.3 is 4.84 Å². The van der Waals surface area contributed by atoms with Crippen LogP contribution in [0.25, 0.3) is 11.1 Å². The van der Waals surface area contributed by atoms with Gasteiger partial charge >= 0.3 is 0 Å². The Kier molecular flexibility index (Phi) is 7.43. The van der Waals surface area contributed by atoms with Crippen molar-refractivity contribution in [2.45, 2.75) is 78.7 Å². The molecule has 4 aliphatic rings. The van der Waals surface area contributed by atoms with Gasteiger partial charge in [-0.25, -0.2) is 0 Å². The summed E-state index contributed by atoms with van der Waals surface area (Å²) in [4.78, 5) is 43.3. The molecule has 4 atom stereocenters. The van der Waals surface area contributed by atoms with Crippen molar-refractivity contribution in [2.24, 2.45) is 11.3 Å². The summed E-state index contributed by atoms with van der Waals surface area (Å²) in [6.45, 7) is 12.8. The summed E-state index contributed by atoms with van der Waals surface area (Å²) < 4.78 is 0. The number of hydrogen-bond donors (Lipinski definition) is 0. The second-order valence-corrected chi connectivity index (χ2v) is 11.8. The summed E-state index contributed by atoms with van der Waals surface area (Å²) in [6, 6.07) is 6.37. The van der Waals surface area contributed by atoms with E-state index >= 15 is 0 Å². The molecule has 0 aliphatic heterocycles. The van der Waals surface area contributed by atoms with E-state index in [2.05, 4.69) is 43.9 Å². The lowest BCUT2D eigenvalue weighted by Crippen LogP contribution is -2.36. The minimum Gasteiger partial charge on any atom is -0.382 e. The van der Waals surface area contributed by atoms with Gasteiger partial charge in [0.25, 0.3) is 5.91 Å². The van der Waals surface area contributed by atoms with Gasteiger partial charge in [-0.3, -0.25) is 14.4 Å². The van der Waals surface area contributed by atoms with Crippen LogP contribution in [0.2, 0.25) is 0 Å². The highest BCUT2D eigenvalue weighted by Crippen LogP contribution is 2.75. The van der Waals surface area contributed by atoms with Crippen LogP contribution in [0.5, 0.6) is 0 Å². The van der Waals surface area contributed by atoms with Gasteiger partial charge in [0.15, 0.2) is 5.78 Å². The molecule has 4 aliphatic carbocycles. The topological polar surface area (TPSA) is 63.7 Å². The Hall–Kier alpha value is -3.73. The van der Waals surface area contributed by atoms with Crippen LogP contribution in [-0.2, 0) is 19.2 Å². The van der Waals surface area contributed by atoms with Crippen LogP contribution < -0.4 is 0 Å². The molecule has 0 aromatic heterocycles. The fourth-order valence-electron chi connectivity index (χ4n) is 7.01. The molecule has 0 heterocycles. The molecular formula is C35H39NO4. The van der Waals surface area contributed by atoms with Crippen molar-refractivity contribution >= 4 is 28.6 Å². The maximum Gasteiger partial charge on any atom is 0.252 e. The molecule has 40 heavy (non-hydrogen) atoms. The van der Waals surface area contributed by atoms with Crippen LogP contribution in [-0.4, -0.2) is 28.6 Å². The summed E-state index contributed by atoms with van der Waals surface area (Å²) >= 11 is 0. The van der Waals surface area contributed by atoms with Crippen molar-refractivity contribution < 1.29 is 19.2 Å². The van der Waals surface area contributed by atoms with E-state index in [0.29, 0.717) is 36.9 Å². The lowest BCUT2D eigenvalue weighted by molar-refractivity contribution is -0.179. The second kappa shape index (κ2) is 10.7. The largest absolute Gasteiger partial charge is 0.382 e. The maximum atomic E-state index is 13.3. The predicted molar refractivity (Wildman–Crippen MR) is 159 cm³/mol. The summed E-state index contributed by atoms with van der Waals surface area (Å²) in [6.07, 6.45) is 15.9. The smallest absolute Gasteiger partial charge is 0.252 e. The number of ketones is 2. The molecule has 0 radical (unpaired) electrons. The molecule has 0 saturated heterocycles. The Morgan fingerprint density at radius 3 is 2.62 bits per heavy atom. The van der Waals surface area contributed by atoms with Crippen LogP contribution >= 0.6 is 0 Å². The summed E-state index contributed by atoms with van der Waals surface area (Å²) in [5.74, 6) is 1.26. The number of nitrogens with zero attached hydrogens (tertiary/aromatic N) is 1. The Morgan fingerprint density at radius 1 is 1.23 bits per heavy atom.